The highest BCUT2D eigenvalue weighted by Gasteiger charge is 2.23. The van der Waals surface area contributed by atoms with Crippen molar-refractivity contribution in [3.8, 4) is 0 Å². The summed E-state index contributed by atoms with van der Waals surface area (Å²) < 4.78 is 52.4. The third-order valence-electron chi connectivity index (χ3n) is 2.12. The van der Waals surface area contributed by atoms with E-state index in [-0.39, 0.29) is 11.5 Å². The molecule has 0 saturated heterocycles. The molecule has 2 rings (SSSR count). The smallest absolute Gasteiger partial charge is 0.266 e. The van der Waals surface area contributed by atoms with Crippen molar-refractivity contribution in [1.82, 2.24) is 10.2 Å². The minimum Gasteiger partial charge on any atom is -0.399 e. The lowest BCUT2D eigenvalue weighted by molar-refractivity contribution is 0.486. The Hall–Kier alpha value is -2.29. The van der Waals surface area contributed by atoms with Crippen LogP contribution in [-0.2, 0) is 10.0 Å². The lowest BCUT2D eigenvalue weighted by atomic mass is 10.3. The summed E-state index contributed by atoms with van der Waals surface area (Å²) in [6.45, 7) is 0. The van der Waals surface area contributed by atoms with Crippen LogP contribution in [0.3, 0.4) is 0 Å². The number of anilines is 2. The highest BCUT2D eigenvalue weighted by molar-refractivity contribution is 7.92. The maximum Gasteiger partial charge on any atom is 0.266 e. The number of hydrogen-bond donors (Lipinski definition) is 2. The van der Waals surface area contributed by atoms with Crippen molar-refractivity contribution in [3.05, 3.63) is 42.1 Å². The average Bonchev–Trinajstić information content (AvgIpc) is 2.34. The Morgan fingerprint density at radius 3 is 2.63 bits per heavy atom. The van der Waals surface area contributed by atoms with E-state index in [9.17, 15) is 17.2 Å². The Morgan fingerprint density at radius 1 is 1.26 bits per heavy atom. The Bertz CT molecular complexity index is 707. The van der Waals surface area contributed by atoms with Crippen LogP contribution >= 0.6 is 0 Å². The van der Waals surface area contributed by atoms with Crippen molar-refractivity contribution < 1.29 is 17.2 Å². The molecule has 3 N–H and O–H groups in total. The van der Waals surface area contributed by atoms with Crippen molar-refractivity contribution in [2.24, 2.45) is 0 Å². The molecule has 100 valence electrons. The molecular weight excluding hydrogens is 278 g/mol. The minimum absolute atomic E-state index is 0.121. The number of benzene rings is 1. The molecule has 0 radical (unpaired) electrons. The summed E-state index contributed by atoms with van der Waals surface area (Å²) in [4.78, 5) is -0.893. The molecule has 0 amide bonds. The van der Waals surface area contributed by atoms with E-state index in [1.165, 1.54) is 18.3 Å². The summed E-state index contributed by atoms with van der Waals surface area (Å²) in [7, 11) is -4.34. The van der Waals surface area contributed by atoms with Gasteiger partial charge >= 0.3 is 0 Å². The normalized spacial score (nSPS) is 11.3. The Kier molecular flexibility index (Phi) is 3.30. The van der Waals surface area contributed by atoms with E-state index in [0.29, 0.717) is 6.07 Å². The number of aromatic nitrogens is 2. The van der Waals surface area contributed by atoms with Crippen LogP contribution in [-0.4, -0.2) is 18.6 Å². The van der Waals surface area contributed by atoms with Gasteiger partial charge in [-0.3, -0.25) is 4.72 Å². The zero-order chi connectivity index (χ0) is 14.0. The summed E-state index contributed by atoms with van der Waals surface area (Å²) in [5.74, 6) is -2.98. The van der Waals surface area contributed by atoms with Crippen LogP contribution in [0, 0.1) is 11.6 Å². The van der Waals surface area contributed by atoms with Gasteiger partial charge in [0.05, 0.1) is 0 Å². The van der Waals surface area contributed by atoms with Gasteiger partial charge in [0.1, 0.15) is 4.90 Å². The number of nitrogens with zero attached hydrogens (tertiary/aromatic N) is 2. The molecule has 0 saturated carbocycles. The minimum atomic E-state index is -4.34. The molecule has 0 spiro atoms. The highest BCUT2D eigenvalue weighted by atomic mass is 32.2. The molecule has 0 aliphatic heterocycles. The number of sulfonamides is 1. The van der Waals surface area contributed by atoms with Gasteiger partial charge in [0.25, 0.3) is 10.0 Å². The van der Waals surface area contributed by atoms with Gasteiger partial charge < -0.3 is 5.73 Å². The third-order valence-corrected chi connectivity index (χ3v) is 3.47. The predicted octanol–water partition coefficient (Wildman–Crippen LogP) is 1.14. The van der Waals surface area contributed by atoms with E-state index >= 15 is 0 Å². The summed E-state index contributed by atoms with van der Waals surface area (Å²) in [5, 5.41) is 6.93. The van der Waals surface area contributed by atoms with E-state index < -0.39 is 26.6 Å². The van der Waals surface area contributed by atoms with Crippen LogP contribution in [0.4, 0.5) is 20.3 Å². The molecule has 0 bridgehead atoms. The Balaban J connectivity index is 2.46. The van der Waals surface area contributed by atoms with Gasteiger partial charge in [-0.2, -0.15) is 5.10 Å². The molecule has 2 aromatic rings. The van der Waals surface area contributed by atoms with Gasteiger partial charge in [-0.25, -0.2) is 17.2 Å². The van der Waals surface area contributed by atoms with Gasteiger partial charge in [-0.05, 0) is 24.3 Å². The number of nitrogens with one attached hydrogen (secondary N) is 1. The molecule has 0 aliphatic rings. The molecular formula is C10H8F2N4O2S. The first-order valence-corrected chi connectivity index (χ1v) is 6.43. The first kappa shape index (κ1) is 13.1. The van der Waals surface area contributed by atoms with E-state index in [1.807, 2.05) is 4.72 Å². The third kappa shape index (κ3) is 2.76. The van der Waals surface area contributed by atoms with Gasteiger partial charge in [0, 0.05) is 11.9 Å². The fraction of sp³-hybridized carbons (Fsp3) is 0. The summed E-state index contributed by atoms with van der Waals surface area (Å²) in [6, 6.07) is 4.25. The fourth-order valence-electron chi connectivity index (χ4n) is 1.33. The van der Waals surface area contributed by atoms with Crippen molar-refractivity contribution in [3.63, 3.8) is 0 Å². The second kappa shape index (κ2) is 4.76. The van der Waals surface area contributed by atoms with E-state index in [1.54, 1.807) is 0 Å². The van der Waals surface area contributed by atoms with Gasteiger partial charge in [-0.15, -0.1) is 5.10 Å². The standard InChI is InChI=1S/C10H8F2N4O2S/c11-7-4-6(13)5-8(10(7)12)19(17,18)16-9-2-1-3-14-15-9/h1-5H,13H2,(H,15,16). The number of rotatable bonds is 3. The number of nitrogen functional groups attached to an aromatic ring is 1. The Morgan fingerprint density at radius 2 is 2.00 bits per heavy atom. The second-order valence-corrected chi connectivity index (χ2v) is 5.18. The van der Waals surface area contributed by atoms with Crippen LogP contribution in [0.2, 0.25) is 0 Å². The van der Waals surface area contributed by atoms with Crippen molar-refractivity contribution in [2.75, 3.05) is 10.5 Å². The SMILES string of the molecule is Nc1cc(F)c(F)c(S(=O)(=O)Nc2cccnn2)c1. The Labute approximate surface area is 107 Å². The van der Waals surface area contributed by atoms with E-state index in [0.717, 1.165) is 6.07 Å². The summed E-state index contributed by atoms with van der Waals surface area (Å²) >= 11 is 0. The van der Waals surface area contributed by atoms with Crippen molar-refractivity contribution in [1.29, 1.82) is 0 Å². The van der Waals surface area contributed by atoms with Crippen LogP contribution in [0.15, 0.2) is 35.4 Å². The van der Waals surface area contributed by atoms with Crippen molar-refractivity contribution >= 4 is 21.5 Å². The van der Waals surface area contributed by atoms with Gasteiger partial charge in [0.15, 0.2) is 17.5 Å². The summed E-state index contributed by atoms with van der Waals surface area (Å²) in [6.07, 6.45) is 1.33. The number of hydrogen-bond acceptors (Lipinski definition) is 5. The lowest BCUT2D eigenvalue weighted by Crippen LogP contribution is -2.16. The molecule has 1 heterocycles. The van der Waals surface area contributed by atoms with Crippen LogP contribution in [0.5, 0.6) is 0 Å². The maximum absolute atomic E-state index is 13.5. The van der Waals surface area contributed by atoms with Gasteiger partial charge in [0.2, 0.25) is 0 Å². The maximum atomic E-state index is 13.5. The largest absolute Gasteiger partial charge is 0.399 e. The molecule has 0 fully saturated rings. The molecule has 1 aromatic heterocycles. The molecule has 9 heteroatoms. The average molecular weight is 286 g/mol. The number of halogens is 2. The van der Waals surface area contributed by atoms with Crippen LogP contribution in [0.1, 0.15) is 0 Å². The van der Waals surface area contributed by atoms with E-state index in [4.69, 9.17) is 5.73 Å². The second-order valence-electron chi connectivity index (χ2n) is 3.53. The monoisotopic (exact) mass is 286 g/mol. The molecule has 0 unspecified atom stereocenters. The predicted molar refractivity (Wildman–Crippen MR) is 63.6 cm³/mol. The molecule has 1 aromatic carbocycles. The van der Waals surface area contributed by atoms with Gasteiger partial charge in [-0.1, -0.05) is 0 Å². The van der Waals surface area contributed by atoms with Crippen LogP contribution < -0.4 is 10.5 Å². The fourth-order valence-corrected chi connectivity index (χ4v) is 2.45. The van der Waals surface area contributed by atoms with Crippen LogP contribution in [0.25, 0.3) is 0 Å². The molecule has 19 heavy (non-hydrogen) atoms. The number of nitrogens with two attached hydrogens (primary N) is 1. The van der Waals surface area contributed by atoms with Crippen molar-refractivity contribution in [2.45, 2.75) is 4.90 Å². The molecule has 6 nitrogen and oxygen atoms in total. The molecule has 0 atom stereocenters. The van der Waals surface area contributed by atoms with E-state index in [2.05, 4.69) is 10.2 Å². The topological polar surface area (TPSA) is 98.0 Å². The highest BCUT2D eigenvalue weighted by Crippen LogP contribution is 2.22. The first-order chi connectivity index (χ1) is 8.90. The zero-order valence-electron chi connectivity index (χ0n) is 9.34. The quantitative estimate of drug-likeness (QED) is 0.824. The first-order valence-electron chi connectivity index (χ1n) is 4.95. The molecule has 0 aliphatic carbocycles. The summed E-state index contributed by atoms with van der Waals surface area (Å²) in [5.41, 5.74) is 5.08. The lowest BCUT2D eigenvalue weighted by Gasteiger charge is -2.08. The zero-order valence-corrected chi connectivity index (χ0v) is 10.2.